The first-order valence-electron chi connectivity index (χ1n) is 11.1. The van der Waals surface area contributed by atoms with E-state index in [1.54, 1.807) is 30.5 Å². The lowest BCUT2D eigenvalue weighted by atomic mass is 10.1. The van der Waals surface area contributed by atoms with E-state index in [1.165, 1.54) is 10.6 Å². The highest BCUT2D eigenvalue weighted by Gasteiger charge is 2.29. The lowest BCUT2D eigenvalue weighted by Gasteiger charge is -2.35. The van der Waals surface area contributed by atoms with Gasteiger partial charge >= 0.3 is 0 Å². The van der Waals surface area contributed by atoms with Crippen molar-refractivity contribution >= 4 is 15.7 Å². The number of nitrogens with zero attached hydrogens (tertiary/aromatic N) is 3. The van der Waals surface area contributed by atoms with E-state index in [9.17, 15) is 8.42 Å². The first-order chi connectivity index (χ1) is 15.9. The van der Waals surface area contributed by atoms with Crippen molar-refractivity contribution in [2.24, 2.45) is 0 Å². The third-order valence-corrected chi connectivity index (χ3v) is 7.28. The Morgan fingerprint density at radius 2 is 1.79 bits per heavy atom. The average molecular weight is 472 g/mol. The fraction of sp³-hybridized carbons (Fsp3) is 0.375. The number of oxazole rings is 1. The van der Waals surface area contributed by atoms with Crippen LogP contribution in [0, 0.1) is 0 Å². The molecule has 9 heteroatoms. The molecule has 2 heterocycles. The zero-order valence-corrected chi connectivity index (χ0v) is 19.9. The Balaban J connectivity index is 1.45. The fourth-order valence-corrected chi connectivity index (χ4v) is 5.24. The van der Waals surface area contributed by atoms with E-state index in [-0.39, 0.29) is 11.0 Å². The molecule has 0 spiro atoms. The van der Waals surface area contributed by atoms with Crippen molar-refractivity contribution in [1.82, 2.24) is 9.29 Å². The Morgan fingerprint density at radius 1 is 1.06 bits per heavy atom. The Morgan fingerprint density at radius 3 is 2.39 bits per heavy atom. The van der Waals surface area contributed by atoms with Gasteiger partial charge in [0.05, 0.1) is 29.4 Å². The van der Waals surface area contributed by atoms with Crippen LogP contribution in [0.5, 0.6) is 11.5 Å². The topological polar surface area (TPSA) is 85.1 Å². The molecule has 0 aliphatic carbocycles. The summed E-state index contributed by atoms with van der Waals surface area (Å²) < 4.78 is 44.6. The van der Waals surface area contributed by atoms with Crippen LogP contribution in [0.1, 0.15) is 20.8 Å². The van der Waals surface area contributed by atoms with Gasteiger partial charge in [-0.25, -0.2) is 13.4 Å². The molecule has 3 aromatic rings. The van der Waals surface area contributed by atoms with E-state index in [4.69, 9.17) is 13.9 Å². The van der Waals surface area contributed by atoms with Gasteiger partial charge in [-0.05, 0) is 57.2 Å². The maximum absolute atomic E-state index is 13.1. The van der Waals surface area contributed by atoms with Gasteiger partial charge < -0.3 is 18.8 Å². The van der Waals surface area contributed by atoms with Crippen LogP contribution in [0.2, 0.25) is 0 Å². The largest absolute Gasteiger partial charge is 0.493 e. The van der Waals surface area contributed by atoms with E-state index < -0.39 is 10.0 Å². The van der Waals surface area contributed by atoms with Crippen LogP contribution in [-0.2, 0) is 10.0 Å². The van der Waals surface area contributed by atoms with Gasteiger partial charge in [0.15, 0.2) is 0 Å². The van der Waals surface area contributed by atoms with Gasteiger partial charge in [-0.3, -0.25) is 0 Å². The molecule has 33 heavy (non-hydrogen) atoms. The smallest absolute Gasteiger partial charge is 0.243 e. The number of ether oxygens (including phenoxy) is 2. The van der Waals surface area contributed by atoms with Crippen molar-refractivity contribution < 1.29 is 22.3 Å². The number of sulfonamides is 1. The predicted molar refractivity (Wildman–Crippen MR) is 126 cm³/mol. The van der Waals surface area contributed by atoms with E-state index in [2.05, 4.69) is 9.88 Å². The molecule has 1 aromatic heterocycles. The minimum atomic E-state index is -3.56. The van der Waals surface area contributed by atoms with Crippen LogP contribution < -0.4 is 14.4 Å². The van der Waals surface area contributed by atoms with Gasteiger partial charge in [0.25, 0.3) is 0 Å². The molecule has 0 amide bonds. The molecule has 1 aliphatic heterocycles. The first kappa shape index (κ1) is 23.1. The number of hydrogen-bond donors (Lipinski definition) is 0. The van der Waals surface area contributed by atoms with Crippen molar-refractivity contribution in [2.45, 2.75) is 31.8 Å². The summed E-state index contributed by atoms with van der Waals surface area (Å²) in [6.07, 6.45) is 3.17. The molecule has 0 unspecified atom stereocenters. The van der Waals surface area contributed by atoms with Crippen molar-refractivity contribution in [1.29, 1.82) is 0 Å². The highest BCUT2D eigenvalue weighted by Crippen LogP contribution is 2.33. The number of anilines is 1. The molecule has 1 saturated heterocycles. The third kappa shape index (κ3) is 5.15. The van der Waals surface area contributed by atoms with Crippen LogP contribution in [0.15, 0.2) is 64.2 Å². The molecule has 0 atom stereocenters. The molecule has 8 nitrogen and oxygen atoms in total. The second kappa shape index (κ2) is 9.84. The van der Waals surface area contributed by atoms with E-state index in [0.29, 0.717) is 50.2 Å². The van der Waals surface area contributed by atoms with Crippen LogP contribution in [0.3, 0.4) is 0 Å². The van der Waals surface area contributed by atoms with Crippen LogP contribution in [0.25, 0.3) is 11.5 Å². The number of rotatable bonds is 8. The molecule has 0 bridgehead atoms. The summed E-state index contributed by atoms with van der Waals surface area (Å²) in [5, 5.41) is 0. The van der Waals surface area contributed by atoms with Crippen molar-refractivity contribution in [2.75, 3.05) is 37.7 Å². The fourth-order valence-electron chi connectivity index (χ4n) is 3.81. The molecule has 4 rings (SSSR count). The number of hydrogen-bond acceptors (Lipinski definition) is 7. The molecular formula is C24H29N3O5S. The lowest BCUT2D eigenvalue weighted by molar-refractivity contribution is 0.242. The quantitative estimate of drug-likeness (QED) is 0.490. The zero-order valence-electron chi connectivity index (χ0n) is 19.1. The summed E-state index contributed by atoms with van der Waals surface area (Å²) in [5.41, 5.74) is 1.76. The van der Waals surface area contributed by atoms with Gasteiger partial charge in [-0.1, -0.05) is 0 Å². The SMILES string of the molecule is CCOc1cc(N2CCN(S(=O)(=O)c3ccc(OC(C)C)cc3)CC2)ccc1-c1ncco1. The molecule has 1 aliphatic rings. The number of aromatic nitrogens is 1. The number of piperazine rings is 1. The Kier molecular flexibility index (Phi) is 6.90. The zero-order chi connectivity index (χ0) is 23.4. The summed E-state index contributed by atoms with van der Waals surface area (Å²) >= 11 is 0. The van der Waals surface area contributed by atoms with E-state index in [1.807, 2.05) is 39.0 Å². The monoisotopic (exact) mass is 471 g/mol. The lowest BCUT2D eigenvalue weighted by Crippen LogP contribution is -2.48. The highest BCUT2D eigenvalue weighted by molar-refractivity contribution is 7.89. The van der Waals surface area contributed by atoms with Gasteiger partial charge in [-0.15, -0.1) is 0 Å². The summed E-state index contributed by atoms with van der Waals surface area (Å²) in [6.45, 7) is 8.28. The van der Waals surface area contributed by atoms with Crippen molar-refractivity contribution in [3.05, 3.63) is 54.9 Å². The van der Waals surface area contributed by atoms with Crippen molar-refractivity contribution in [3.63, 3.8) is 0 Å². The normalized spacial score (nSPS) is 15.1. The van der Waals surface area contributed by atoms with Crippen LogP contribution in [-0.4, -0.2) is 56.6 Å². The average Bonchev–Trinajstić information content (AvgIpc) is 3.34. The van der Waals surface area contributed by atoms with Gasteiger partial charge in [0.2, 0.25) is 15.9 Å². The van der Waals surface area contributed by atoms with E-state index in [0.717, 1.165) is 11.3 Å². The summed E-state index contributed by atoms with van der Waals surface area (Å²) in [4.78, 5) is 6.65. The minimum absolute atomic E-state index is 0.0354. The van der Waals surface area contributed by atoms with Crippen LogP contribution >= 0.6 is 0 Å². The van der Waals surface area contributed by atoms with E-state index >= 15 is 0 Å². The molecule has 1 fully saturated rings. The Labute approximate surface area is 194 Å². The second-order valence-corrected chi connectivity index (χ2v) is 9.92. The molecule has 0 saturated carbocycles. The van der Waals surface area contributed by atoms with Gasteiger partial charge in [0.1, 0.15) is 17.8 Å². The molecular weight excluding hydrogens is 442 g/mol. The summed E-state index contributed by atoms with van der Waals surface area (Å²) in [7, 11) is -3.56. The second-order valence-electron chi connectivity index (χ2n) is 7.98. The molecule has 176 valence electrons. The molecule has 0 radical (unpaired) electrons. The van der Waals surface area contributed by atoms with Crippen molar-refractivity contribution in [3.8, 4) is 23.0 Å². The maximum atomic E-state index is 13.1. The summed E-state index contributed by atoms with van der Waals surface area (Å²) in [5.74, 6) is 1.86. The highest BCUT2D eigenvalue weighted by atomic mass is 32.2. The van der Waals surface area contributed by atoms with Gasteiger partial charge in [-0.2, -0.15) is 4.31 Å². The van der Waals surface area contributed by atoms with Gasteiger partial charge in [0, 0.05) is 37.9 Å². The maximum Gasteiger partial charge on any atom is 0.243 e. The number of benzene rings is 2. The summed E-state index contributed by atoms with van der Waals surface area (Å²) in [6, 6.07) is 12.5. The standard InChI is InChI=1S/C24H29N3O5S/c1-4-30-23-17-19(5-10-22(23)24-25-11-16-31-24)26-12-14-27(15-13-26)33(28,29)21-8-6-20(7-9-21)32-18(2)3/h5-11,16-18H,4,12-15H2,1-3H3. The molecule has 0 N–H and O–H groups in total. The molecule has 2 aromatic carbocycles. The third-order valence-electron chi connectivity index (χ3n) is 5.36. The van der Waals surface area contributed by atoms with Crippen LogP contribution in [0.4, 0.5) is 5.69 Å². The minimum Gasteiger partial charge on any atom is -0.493 e. The predicted octanol–water partition coefficient (Wildman–Crippen LogP) is 4.04. The Hall–Kier alpha value is -3.04. The Bertz CT molecular complexity index is 1150. The first-order valence-corrected chi connectivity index (χ1v) is 12.5.